The van der Waals surface area contributed by atoms with Crippen LogP contribution in [0.4, 0.5) is 0 Å². The van der Waals surface area contributed by atoms with E-state index in [1.54, 1.807) is 11.8 Å². The number of hydrogen-bond donors (Lipinski definition) is 1. The number of fused-ring (bicyclic) bond motifs is 2. The standard InChI is InChI=1S/C21H30N2O2S/c1-4-21(13-17-9-10-18(21)23(17)19(24)14-26-3)20(25)22-12-11-16-8-6-5-7-15(16)2/h5-8,17-18H,4,9-14H2,1-3H3,(H,22,25)/t17-,18+,21+/m0/s1. The predicted molar refractivity (Wildman–Crippen MR) is 107 cm³/mol. The number of carbonyl (C=O) groups is 2. The summed E-state index contributed by atoms with van der Waals surface area (Å²) < 4.78 is 0. The third-order valence-corrected chi connectivity index (χ3v) is 6.86. The maximum atomic E-state index is 13.1. The fourth-order valence-electron chi connectivity index (χ4n) is 4.92. The van der Waals surface area contributed by atoms with Crippen molar-refractivity contribution in [1.82, 2.24) is 10.2 Å². The van der Waals surface area contributed by atoms with Crippen molar-refractivity contribution in [3.8, 4) is 0 Å². The van der Waals surface area contributed by atoms with Crippen molar-refractivity contribution in [2.24, 2.45) is 5.41 Å². The Morgan fingerprint density at radius 3 is 2.77 bits per heavy atom. The monoisotopic (exact) mass is 374 g/mol. The van der Waals surface area contributed by atoms with E-state index in [0.717, 1.165) is 32.1 Å². The van der Waals surface area contributed by atoms with Crippen LogP contribution in [0.15, 0.2) is 24.3 Å². The van der Waals surface area contributed by atoms with Crippen molar-refractivity contribution in [2.45, 2.75) is 58.0 Å². The summed E-state index contributed by atoms with van der Waals surface area (Å²) in [5.41, 5.74) is 2.15. The molecule has 0 spiro atoms. The molecule has 2 amide bonds. The smallest absolute Gasteiger partial charge is 0.233 e. The molecule has 4 nitrogen and oxygen atoms in total. The average molecular weight is 375 g/mol. The molecular weight excluding hydrogens is 344 g/mol. The SMILES string of the molecule is CC[C@@]1(C(=O)NCCc2ccccc2C)C[C@@H]2CC[C@H]1N2C(=O)CSC. The molecule has 2 heterocycles. The van der Waals surface area contributed by atoms with Crippen molar-refractivity contribution in [2.75, 3.05) is 18.6 Å². The van der Waals surface area contributed by atoms with Gasteiger partial charge in [-0.15, -0.1) is 0 Å². The van der Waals surface area contributed by atoms with Crippen molar-refractivity contribution < 1.29 is 9.59 Å². The van der Waals surface area contributed by atoms with Gasteiger partial charge in [0.2, 0.25) is 11.8 Å². The number of carbonyl (C=O) groups excluding carboxylic acids is 2. The Bertz CT molecular complexity index is 678. The molecule has 2 fully saturated rings. The molecule has 1 aromatic rings. The molecule has 1 aromatic carbocycles. The fraction of sp³-hybridized carbons (Fsp3) is 0.619. The predicted octanol–water partition coefficient (Wildman–Crippen LogP) is 3.18. The molecule has 2 bridgehead atoms. The van der Waals surface area contributed by atoms with Crippen molar-refractivity contribution in [3.05, 3.63) is 35.4 Å². The molecular formula is C21H30N2O2S. The van der Waals surface area contributed by atoms with E-state index in [2.05, 4.69) is 31.3 Å². The van der Waals surface area contributed by atoms with Gasteiger partial charge in [0.25, 0.3) is 0 Å². The summed E-state index contributed by atoms with van der Waals surface area (Å²) >= 11 is 1.57. The highest BCUT2D eigenvalue weighted by molar-refractivity contribution is 7.99. The zero-order valence-corrected chi connectivity index (χ0v) is 16.9. The second-order valence-electron chi connectivity index (χ2n) is 7.63. The number of benzene rings is 1. The van der Waals surface area contributed by atoms with E-state index in [0.29, 0.717) is 12.3 Å². The summed E-state index contributed by atoms with van der Waals surface area (Å²) in [7, 11) is 0. The molecule has 2 aliphatic rings. The Morgan fingerprint density at radius 2 is 2.08 bits per heavy atom. The van der Waals surface area contributed by atoms with Crippen LogP contribution in [0.3, 0.4) is 0 Å². The van der Waals surface area contributed by atoms with Crippen LogP contribution < -0.4 is 5.32 Å². The molecule has 2 aliphatic heterocycles. The first-order valence-electron chi connectivity index (χ1n) is 9.66. The Morgan fingerprint density at radius 1 is 1.31 bits per heavy atom. The van der Waals surface area contributed by atoms with Crippen molar-refractivity contribution in [1.29, 1.82) is 0 Å². The van der Waals surface area contributed by atoms with Gasteiger partial charge in [-0.2, -0.15) is 11.8 Å². The Kier molecular flexibility index (Phi) is 5.96. The quantitative estimate of drug-likeness (QED) is 0.797. The van der Waals surface area contributed by atoms with Gasteiger partial charge in [-0.1, -0.05) is 31.2 Å². The van der Waals surface area contributed by atoms with Crippen LogP contribution in [-0.4, -0.2) is 47.4 Å². The van der Waals surface area contributed by atoms with Crippen molar-refractivity contribution in [3.63, 3.8) is 0 Å². The van der Waals surface area contributed by atoms with E-state index in [4.69, 9.17) is 0 Å². The molecule has 2 saturated heterocycles. The Balaban J connectivity index is 1.65. The van der Waals surface area contributed by atoms with Gasteiger partial charge in [0.15, 0.2) is 0 Å². The van der Waals surface area contributed by atoms with Gasteiger partial charge in [0, 0.05) is 18.6 Å². The van der Waals surface area contributed by atoms with E-state index in [1.807, 2.05) is 23.3 Å². The van der Waals surface area contributed by atoms with Crippen LogP contribution in [-0.2, 0) is 16.0 Å². The fourth-order valence-corrected chi connectivity index (χ4v) is 5.32. The lowest BCUT2D eigenvalue weighted by Crippen LogP contribution is -2.50. The lowest BCUT2D eigenvalue weighted by molar-refractivity contribution is -0.135. The first kappa shape index (κ1) is 19.3. The van der Waals surface area contributed by atoms with Crippen molar-refractivity contribution >= 4 is 23.6 Å². The topological polar surface area (TPSA) is 49.4 Å². The number of nitrogens with zero attached hydrogens (tertiary/aromatic N) is 1. The van der Waals surface area contributed by atoms with Gasteiger partial charge in [0.1, 0.15) is 0 Å². The molecule has 3 rings (SSSR count). The molecule has 0 unspecified atom stereocenters. The molecule has 0 aliphatic carbocycles. The Labute approximate surface area is 161 Å². The molecule has 0 radical (unpaired) electrons. The van der Waals surface area contributed by atoms with E-state index >= 15 is 0 Å². The van der Waals surface area contributed by atoms with Gasteiger partial charge in [0.05, 0.1) is 11.2 Å². The molecule has 5 heteroatoms. The van der Waals surface area contributed by atoms with E-state index < -0.39 is 5.41 Å². The molecule has 0 aromatic heterocycles. The van der Waals surface area contributed by atoms with Crippen LogP contribution in [0.1, 0.15) is 43.7 Å². The van der Waals surface area contributed by atoms with E-state index in [-0.39, 0.29) is 23.9 Å². The minimum absolute atomic E-state index is 0.0793. The zero-order chi connectivity index (χ0) is 18.7. The second-order valence-corrected chi connectivity index (χ2v) is 8.49. The number of amides is 2. The molecule has 3 atom stereocenters. The molecule has 0 saturated carbocycles. The van der Waals surface area contributed by atoms with Crippen LogP contribution in [0.5, 0.6) is 0 Å². The summed E-state index contributed by atoms with van der Waals surface area (Å²) in [5, 5.41) is 3.19. The minimum atomic E-state index is -0.400. The van der Waals surface area contributed by atoms with Gasteiger partial charge in [-0.3, -0.25) is 9.59 Å². The summed E-state index contributed by atoms with van der Waals surface area (Å²) in [6.45, 7) is 4.86. The van der Waals surface area contributed by atoms with E-state index in [9.17, 15) is 9.59 Å². The third-order valence-electron chi connectivity index (χ3n) is 6.32. The normalized spacial score (nSPS) is 27.0. The van der Waals surface area contributed by atoms with Crippen LogP contribution in [0.25, 0.3) is 0 Å². The first-order valence-corrected chi connectivity index (χ1v) is 11.1. The lowest BCUT2D eigenvalue weighted by atomic mass is 9.71. The largest absolute Gasteiger partial charge is 0.355 e. The number of hydrogen-bond acceptors (Lipinski definition) is 3. The van der Waals surface area contributed by atoms with E-state index in [1.165, 1.54) is 11.1 Å². The highest BCUT2D eigenvalue weighted by atomic mass is 32.2. The van der Waals surface area contributed by atoms with Gasteiger partial charge >= 0.3 is 0 Å². The van der Waals surface area contributed by atoms with Crippen LogP contribution >= 0.6 is 11.8 Å². The highest BCUT2D eigenvalue weighted by Crippen LogP contribution is 2.52. The number of nitrogens with one attached hydrogen (secondary N) is 1. The number of aryl methyl sites for hydroxylation is 1. The third kappa shape index (κ3) is 3.38. The average Bonchev–Trinajstić information content (AvgIpc) is 3.20. The summed E-state index contributed by atoms with van der Waals surface area (Å²) in [6.07, 6.45) is 6.44. The Hall–Kier alpha value is -1.49. The molecule has 26 heavy (non-hydrogen) atoms. The molecule has 142 valence electrons. The summed E-state index contributed by atoms with van der Waals surface area (Å²) in [6, 6.07) is 8.65. The maximum Gasteiger partial charge on any atom is 0.233 e. The van der Waals surface area contributed by atoms with Gasteiger partial charge in [-0.05, 0) is 56.4 Å². The molecule has 1 N–H and O–H groups in total. The summed E-state index contributed by atoms with van der Waals surface area (Å²) in [4.78, 5) is 27.7. The van der Waals surface area contributed by atoms with Crippen LogP contribution in [0, 0.1) is 12.3 Å². The lowest BCUT2D eigenvalue weighted by Gasteiger charge is -2.35. The van der Waals surface area contributed by atoms with Gasteiger partial charge in [-0.25, -0.2) is 0 Å². The number of rotatable bonds is 7. The zero-order valence-electron chi connectivity index (χ0n) is 16.1. The summed E-state index contributed by atoms with van der Waals surface area (Å²) in [5.74, 6) is 0.859. The number of thioether (sulfide) groups is 1. The van der Waals surface area contributed by atoms with Gasteiger partial charge < -0.3 is 10.2 Å². The minimum Gasteiger partial charge on any atom is -0.355 e. The maximum absolute atomic E-state index is 13.1. The highest BCUT2D eigenvalue weighted by Gasteiger charge is 2.59. The first-order chi connectivity index (χ1) is 12.5. The second kappa shape index (κ2) is 8.03. The van der Waals surface area contributed by atoms with Crippen LogP contribution in [0.2, 0.25) is 0 Å².